The molecule has 18 heavy (non-hydrogen) atoms. The Morgan fingerprint density at radius 3 is 2.56 bits per heavy atom. The monoisotopic (exact) mass is 320 g/mol. The van der Waals surface area contributed by atoms with Crippen LogP contribution in [0.4, 0.5) is 11.4 Å². The van der Waals surface area contributed by atoms with Crippen LogP contribution < -0.4 is 10.6 Å². The summed E-state index contributed by atoms with van der Waals surface area (Å²) in [6.07, 6.45) is 0. The van der Waals surface area contributed by atoms with Crippen LogP contribution in [0, 0.1) is 6.92 Å². The van der Waals surface area contributed by atoms with Gasteiger partial charge in [-0.25, -0.2) is 0 Å². The molecule has 0 bridgehead atoms. The lowest BCUT2D eigenvalue weighted by Crippen LogP contribution is -2.19. The van der Waals surface area contributed by atoms with E-state index in [9.17, 15) is 0 Å². The summed E-state index contributed by atoms with van der Waals surface area (Å²) >= 11 is 8.75. The van der Waals surface area contributed by atoms with E-state index >= 15 is 0 Å². The molecule has 0 saturated carbocycles. The molecule has 0 heterocycles. The number of nitrogens with one attached hydrogen (secondary N) is 2. The van der Waals surface area contributed by atoms with Crippen LogP contribution >= 0.6 is 28.1 Å². The maximum absolute atomic E-state index is 5.28. The van der Waals surface area contributed by atoms with E-state index in [1.54, 1.807) is 0 Å². The SMILES string of the molecule is Cc1cccc(NC(=S)Nc2ccccc2Br)c1. The zero-order chi connectivity index (χ0) is 13.0. The number of benzene rings is 2. The Bertz CT molecular complexity index is 569. The molecule has 0 atom stereocenters. The van der Waals surface area contributed by atoms with Gasteiger partial charge in [0.05, 0.1) is 5.69 Å². The van der Waals surface area contributed by atoms with E-state index in [0.29, 0.717) is 5.11 Å². The summed E-state index contributed by atoms with van der Waals surface area (Å²) in [5, 5.41) is 6.89. The number of aryl methyl sites for hydroxylation is 1. The highest BCUT2D eigenvalue weighted by molar-refractivity contribution is 9.10. The van der Waals surface area contributed by atoms with Gasteiger partial charge in [-0.15, -0.1) is 0 Å². The minimum absolute atomic E-state index is 0.576. The second kappa shape index (κ2) is 5.98. The lowest BCUT2D eigenvalue weighted by atomic mass is 10.2. The Hall–Kier alpha value is -1.39. The zero-order valence-corrected chi connectivity index (χ0v) is 12.3. The molecule has 2 rings (SSSR count). The number of halogens is 1. The molecule has 2 N–H and O–H groups in total. The van der Waals surface area contributed by atoms with Gasteiger partial charge < -0.3 is 10.6 Å². The zero-order valence-electron chi connectivity index (χ0n) is 9.91. The smallest absolute Gasteiger partial charge is 0.175 e. The largest absolute Gasteiger partial charge is 0.332 e. The summed E-state index contributed by atoms with van der Waals surface area (Å²) in [5.74, 6) is 0. The van der Waals surface area contributed by atoms with Crippen molar-refractivity contribution in [3.63, 3.8) is 0 Å². The molecule has 0 aromatic heterocycles. The van der Waals surface area contributed by atoms with Crippen LogP contribution in [0.2, 0.25) is 0 Å². The van der Waals surface area contributed by atoms with Crippen molar-refractivity contribution in [1.82, 2.24) is 0 Å². The quantitative estimate of drug-likeness (QED) is 0.793. The van der Waals surface area contributed by atoms with Gasteiger partial charge in [-0.3, -0.25) is 0 Å². The van der Waals surface area contributed by atoms with Crippen molar-refractivity contribution >= 4 is 44.6 Å². The van der Waals surface area contributed by atoms with E-state index in [1.807, 2.05) is 42.5 Å². The van der Waals surface area contributed by atoms with Gasteiger partial charge in [0.25, 0.3) is 0 Å². The van der Waals surface area contributed by atoms with Gasteiger partial charge in [0, 0.05) is 10.2 Å². The first-order valence-electron chi connectivity index (χ1n) is 5.54. The molecule has 0 aliphatic rings. The number of rotatable bonds is 2. The number of hydrogen-bond donors (Lipinski definition) is 2. The topological polar surface area (TPSA) is 24.1 Å². The number of hydrogen-bond acceptors (Lipinski definition) is 1. The summed E-state index contributed by atoms with van der Waals surface area (Å²) in [6.45, 7) is 2.05. The molecule has 4 heteroatoms. The van der Waals surface area contributed by atoms with Crippen molar-refractivity contribution in [1.29, 1.82) is 0 Å². The fraction of sp³-hybridized carbons (Fsp3) is 0.0714. The number of anilines is 2. The fourth-order valence-corrected chi connectivity index (χ4v) is 2.18. The Balaban J connectivity index is 2.03. The summed E-state index contributed by atoms with van der Waals surface area (Å²) in [6, 6.07) is 15.9. The Morgan fingerprint density at radius 2 is 1.83 bits per heavy atom. The van der Waals surface area contributed by atoms with Crippen molar-refractivity contribution in [2.45, 2.75) is 6.92 Å². The van der Waals surface area contributed by atoms with Crippen molar-refractivity contribution in [2.24, 2.45) is 0 Å². The summed E-state index contributed by atoms with van der Waals surface area (Å²) < 4.78 is 0.985. The average Bonchev–Trinajstić information content (AvgIpc) is 2.32. The second-order valence-corrected chi connectivity index (χ2v) is 5.19. The molecular formula is C14H13BrN2S. The van der Waals surface area contributed by atoms with Crippen LogP contribution in [-0.4, -0.2) is 5.11 Å². The first kappa shape index (κ1) is 13.1. The first-order chi connectivity index (χ1) is 8.65. The summed E-state index contributed by atoms with van der Waals surface area (Å²) in [5.41, 5.74) is 3.13. The van der Waals surface area contributed by atoms with Gasteiger partial charge in [0.2, 0.25) is 0 Å². The maximum atomic E-state index is 5.28. The third-order valence-electron chi connectivity index (χ3n) is 2.40. The highest BCUT2D eigenvalue weighted by Gasteiger charge is 2.01. The normalized spacial score (nSPS) is 9.89. The van der Waals surface area contributed by atoms with E-state index in [0.717, 1.165) is 15.8 Å². The van der Waals surface area contributed by atoms with Gasteiger partial charge in [0.15, 0.2) is 5.11 Å². The molecule has 0 aliphatic carbocycles. The molecule has 0 amide bonds. The molecular weight excluding hydrogens is 308 g/mol. The van der Waals surface area contributed by atoms with E-state index < -0.39 is 0 Å². The van der Waals surface area contributed by atoms with Crippen molar-refractivity contribution < 1.29 is 0 Å². The molecule has 92 valence electrons. The van der Waals surface area contributed by atoms with Gasteiger partial charge in [-0.2, -0.15) is 0 Å². The third kappa shape index (κ3) is 3.55. The number of para-hydroxylation sites is 1. The van der Waals surface area contributed by atoms with E-state index in [4.69, 9.17) is 12.2 Å². The van der Waals surface area contributed by atoms with E-state index in [1.165, 1.54) is 5.56 Å². The lowest BCUT2D eigenvalue weighted by molar-refractivity contribution is 1.46. The lowest BCUT2D eigenvalue weighted by Gasteiger charge is -2.12. The molecule has 2 aromatic rings. The van der Waals surface area contributed by atoms with Crippen molar-refractivity contribution in [3.8, 4) is 0 Å². The summed E-state index contributed by atoms with van der Waals surface area (Å²) in [4.78, 5) is 0. The predicted octanol–water partition coefficient (Wildman–Crippen LogP) is 4.57. The van der Waals surface area contributed by atoms with Crippen LogP contribution in [0.1, 0.15) is 5.56 Å². The molecule has 2 nitrogen and oxygen atoms in total. The van der Waals surface area contributed by atoms with Crippen LogP contribution in [0.25, 0.3) is 0 Å². The summed E-state index contributed by atoms with van der Waals surface area (Å²) in [7, 11) is 0. The third-order valence-corrected chi connectivity index (χ3v) is 3.29. The highest BCUT2D eigenvalue weighted by Crippen LogP contribution is 2.21. The van der Waals surface area contributed by atoms with Gasteiger partial charge >= 0.3 is 0 Å². The predicted molar refractivity (Wildman–Crippen MR) is 85.2 cm³/mol. The maximum Gasteiger partial charge on any atom is 0.175 e. The molecule has 2 aromatic carbocycles. The van der Waals surface area contributed by atoms with E-state index in [2.05, 4.69) is 39.6 Å². The van der Waals surface area contributed by atoms with Gasteiger partial charge in [-0.1, -0.05) is 24.3 Å². The van der Waals surface area contributed by atoms with Crippen LogP contribution in [-0.2, 0) is 0 Å². The molecule has 0 spiro atoms. The molecule has 0 unspecified atom stereocenters. The van der Waals surface area contributed by atoms with Crippen LogP contribution in [0.15, 0.2) is 53.0 Å². The molecule has 0 radical (unpaired) electrons. The first-order valence-corrected chi connectivity index (χ1v) is 6.74. The average molecular weight is 321 g/mol. The van der Waals surface area contributed by atoms with Crippen LogP contribution in [0.5, 0.6) is 0 Å². The Morgan fingerprint density at radius 1 is 1.06 bits per heavy atom. The van der Waals surface area contributed by atoms with Crippen LogP contribution in [0.3, 0.4) is 0 Å². The van der Waals surface area contributed by atoms with Gasteiger partial charge in [-0.05, 0) is 64.9 Å². The number of thiocarbonyl (C=S) groups is 1. The van der Waals surface area contributed by atoms with Gasteiger partial charge in [0.1, 0.15) is 0 Å². The molecule has 0 fully saturated rings. The minimum atomic E-state index is 0.576. The fourth-order valence-electron chi connectivity index (χ4n) is 1.57. The highest BCUT2D eigenvalue weighted by atomic mass is 79.9. The molecule has 0 saturated heterocycles. The minimum Gasteiger partial charge on any atom is -0.332 e. The molecule has 0 aliphatic heterocycles. The second-order valence-electron chi connectivity index (χ2n) is 3.93. The van der Waals surface area contributed by atoms with Crippen molar-refractivity contribution in [3.05, 3.63) is 58.6 Å². The Kier molecular flexibility index (Phi) is 4.33. The Labute approximate surface area is 121 Å². The standard InChI is InChI=1S/C14H13BrN2S/c1-10-5-4-6-11(9-10)16-14(18)17-13-8-3-2-7-12(13)15/h2-9H,1H3,(H2,16,17,18). The van der Waals surface area contributed by atoms with Crippen molar-refractivity contribution in [2.75, 3.05) is 10.6 Å². The van der Waals surface area contributed by atoms with E-state index in [-0.39, 0.29) is 0 Å².